The van der Waals surface area contributed by atoms with Gasteiger partial charge in [0.05, 0.1) is 6.10 Å². The highest BCUT2D eigenvalue weighted by molar-refractivity contribution is 5.21. The van der Waals surface area contributed by atoms with Crippen molar-refractivity contribution in [1.29, 1.82) is 0 Å². The van der Waals surface area contributed by atoms with E-state index in [2.05, 4.69) is 4.98 Å². The minimum absolute atomic E-state index is 0.262. The monoisotopic (exact) mass is 217 g/mol. The van der Waals surface area contributed by atoms with E-state index in [9.17, 15) is 9.50 Å². The van der Waals surface area contributed by atoms with Crippen LogP contribution in [0, 0.1) is 5.82 Å². The lowest BCUT2D eigenvalue weighted by Crippen LogP contribution is -2.01. The van der Waals surface area contributed by atoms with Crippen molar-refractivity contribution in [2.75, 3.05) is 0 Å². The van der Waals surface area contributed by atoms with Crippen molar-refractivity contribution in [2.45, 2.75) is 12.5 Å². The van der Waals surface area contributed by atoms with Crippen molar-refractivity contribution in [3.63, 3.8) is 0 Å². The summed E-state index contributed by atoms with van der Waals surface area (Å²) in [4.78, 5) is 3.89. The van der Waals surface area contributed by atoms with Gasteiger partial charge in [-0.2, -0.15) is 0 Å². The number of aliphatic hydroxyl groups excluding tert-OH is 1. The van der Waals surface area contributed by atoms with E-state index in [1.54, 1.807) is 36.7 Å². The van der Waals surface area contributed by atoms with Gasteiger partial charge >= 0.3 is 0 Å². The maximum atomic E-state index is 12.7. The Bertz CT molecular complexity index is 441. The van der Waals surface area contributed by atoms with Crippen LogP contribution in [-0.2, 0) is 6.42 Å². The van der Waals surface area contributed by atoms with Crippen molar-refractivity contribution in [2.24, 2.45) is 0 Å². The summed E-state index contributed by atoms with van der Waals surface area (Å²) in [5.74, 6) is -0.262. The lowest BCUT2D eigenvalue weighted by atomic mass is 10.0. The third-order valence-electron chi connectivity index (χ3n) is 2.43. The van der Waals surface area contributed by atoms with Crippen LogP contribution in [0.25, 0.3) is 0 Å². The van der Waals surface area contributed by atoms with Gasteiger partial charge in [0.25, 0.3) is 0 Å². The molecule has 1 aromatic carbocycles. The maximum Gasteiger partial charge on any atom is 0.123 e. The van der Waals surface area contributed by atoms with Crippen LogP contribution in [0.1, 0.15) is 17.2 Å². The van der Waals surface area contributed by atoms with Crippen LogP contribution in [0.15, 0.2) is 48.8 Å². The second kappa shape index (κ2) is 4.86. The highest BCUT2D eigenvalue weighted by Crippen LogP contribution is 2.17. The van der Waals surface area contributed by atoms with Gasteiger partial charge in [0.2, 0.25) is 0 Å². The topological polar surface area (TPSA) is 33.1 Å². The first-order valence-electron chi connectivity index (χ1n) is 5.08. The zero-order valence-electron chi connectivity index (χ0n) is 8.68. The normalized spacial score (nSPS) is 12.4. The van der Waals surface area contributed by atoms with Crippen molar-refractivity contribution in [3.05, 3.63) is 65.7 Å². The van der Waals surface area contributed by atoms with Crippen LogP contribution < -0.4 is 0 Å². The SMILES string of the molecule is O[C@@H](Cc1ccc(F)cc1)c1ccncc1. The van der Waals surface area contributed by atoms with E-state index in [1.807, 2.05) is 0 Å². The predicted molar refractivity (Wildman–Crippen MR) is 59.3 cm³/mol. The number of nitrogens with zero attached hydrogens (tertiary/aromatic N) is 1. The Hall–Kier alpha value is -1.74. The highest BCUT2D eigenvalue weighted by Gasteiger charge is 2.07. The molecule has 0 unspecified atom stereocenters. The van der Waals surface area contributed by atoms with Crippen LogP contribution >= 0.6 is 0 Å². The molecule has 16 heavy (non-hydrogen) atoms. The van der Waals surface area contributed by atoms with E-state index in [1.165, 1.54) is 12.1 Å². The third kappa shape index (κ3) is 2.64. The molecule has 0 fully saturated rings. The summed E-state index contributed by atoms with van der Waals surface area (Å²) in [5.41, 5.74) is 1.73. The molecule has 1 heterocycles. The standard InChI is InChI=1S/C13H12FNO/c14-12-3-1-10(2-4-12)9-13(16)11-5-7-15-8-6-11/h1-8,13,16H,9H2/t13-/m0/s1. The van der Waals surface area contributed by atoms with E-state index in [-0.39, 0.29) is 5.82 Å². The lowest BCUT2D eigenvalue weighted by molar-refractivity contribution is 0.178. The first kappa shape index (κ1) is 10.8. The van der Waals surface area contributed by atoms with Gasteiger partial charge in [-0.1, -0.05) is 12.1 Å². The molecule has 1 N–H and O–H groups in total. The summed E-state index contributed by atoms with van der Waals surface area (Å²) < 4.78 is 12.7. The fourth-order valence-electron chi connectivity index (χ4n) is 1.55. The summed E-state index contributed by atoms with van der Waals surface area (Å²) in [6.07, 6.45) is 3.19. The van der Waals surface area contributed by atoms with E-state index in [0.717, 1.165) is 11.1 Å². The number of aliphatic hydroxyl groups is 1. The van der Waals surface area contributed by atoms with Gasteiger partial charge in [0, 0.05) is 18.8 Å². The van der Waals surface area contributed by atoms with E-state index in [4.69, 9.17) is 0 Å². The Labute approximate surface area is 93.4 Å². The number of halogens is 1. The lowest BCUT2D eigenvalue weighted by Gasteiger charge is -2.10. The van der Waals surface area contributed by atoms with Crippen LogP contribution in [0.3, 0.4) is 0 Å². The first-order valence-corrected chi connectivity index (χ1v) is 5.08. The van der Waals surface area contributed by atoms with Gasteiger partial charge in [-0.15, -0.1) is 0 Å². The Balaban J connectivity index is 2.08. The smallest absolute Gasteiger partial charge is 0.123 e. The molecule has 0 bridgehead atoms. The number of benzene rings is 1. The fraction of sp³-hybridized carbons (Fsp3) is 0.154. The van der Waals surface area contributed by atoms with Gasteiger partial charge in [0.15, 0.2) is 0 Å². The molecular formula is C13H12FNO. The Morgan fingerprint density at radius 1 is 1.06 bits per heavy atom. The second-order valence-corrected chi connectivity index (χ2v) is 3.63. The Kier molecular flexibility index (Phi) is 3.27. The minimum Gasteiger partial charge on any atom is -0.388 e. The average molecular weight is 217 g/mol. The summed E-state index contributed by atoms with van der Waals surface area (Å²) in [6.45, 7) is 0. The predicted octanol–water partition coefficient (Wildman–Crippen LogP) is 2.50. The van der Waals surface area contributed by atoms with Crippen LogP contribution in [0.4, 0.5) is 4.39 Å². The number of aromatic nitrogens is 1. The molecule has 0 saturated carbocycles. The Morgan fingerprint density at radius 3 is 2.31 bits per heavy atom. The van der Waals surface area contributed by atoms with Crippen LogP contribution in [0.2, 0.25) is 0 Å². The van der Waals surface area contributed by atoms with Crippen molar-refractivity contribution in [3.8, 4) is 0 Å². The molecule has 3 heteroatoms. The second-order valence-electron chi connectivity index (χ2n) is 3.63. The van der Waals surface area contributed by atoms with Crippen LogP contribution in [-0.4, -0.2) is 10.1 Å². The summed E-state index contributed by atoms with van der Waals surface area (Å²) in [6, 6.07) is 9.70. The average Bonchev–Trinajstić information content (AvgIpc) is 2.33. The molecule has 0 saturated heterocycles. The van der Waals surface area contributed by atoms with Crippen molar-refractivity contribution >= 4 is 0 Å². The van der Waals surface area contributed by atoms with E-state index >= 15 is 0 Å². The molecule has 1 aromatic heterocycles. The van der Waals surface area contributed by atoms with Crippen LogP contribution in [0.5, 0.6) is 0 Å². The minimum atomic E-state index is -0.575. The molecular weight excluding hydrogens is 205 g/mol. The summed E-state index contributed by atoms with van der Waals surface area (Å²) in [5, 5.41) is 9.92. The zero-order valence-corrected chi connectivity index (χ0v) is 8.68. The molecule has 0 radical (unpaired) electrons. The fourth-order valence-corrected chi connectivity index (χ4v) is 1.55. The van der Waals surface area contributed by atoms with Gasteiger partial charge < -0.3 is 5.11 Å². The van der Waals surface area contributed by atoms with E-state index in [0.29, 0.717) is 6.42 Å². The highest BCUT2D eigenvalue weighted by atomic mass is 19.1. The summed E-state index contributed by atoms with van der Waals surface area (Å²) >= 11 is 0. The summed E-state index contributed by atoms with van der Waals surface area (Å²) in [7, 11) is 0. The molecule has 0 aliphatic carbocycles. The molecule has 0 amide bonds. The molecule has 2 nitrogen and oxygen atoms in total. The van der Waals surface area contributed by atoms with Gasteiger partial charge in [0.1, 0.15) is 5.82 Å². The van der Waals surface area contributed by atoms with Crippen molar-refractivity contribution in [1.82, 2.24) is 4.98 Å². The van der Waals surface area contributed by atoms with E-state index < -0.39 is 6.10 Å². The number of hydrogen-bond acceptors (Lipinski definition) is 2. The largest absolute Gasteiger partial charge is 0.388 e. The molecule has 82 valence electrons. The maximum absolute atomic E-state index is 12.7. The first-order chi connectivity index (χ1) is 7.75. The molecule has 1 atom stereocenters. The molecule has 0 aliphatic rings. The molecule has 2 aromatic rings. The quantitative estimate of drug-likeness (QED) is 0.856. The third-order valence-corrected chi connectivity index (χ3v) is 2.43. The molecule has 0 spiro atoms. The molecule has 0 aliphatic heterocycles. The molecule has 2 rings (SSSR count). The number of hydrogen-bond donors (Lipinski definition) is 1. The van der Waals surface area contributed by atoms with Gasteiger partial charge in [-0.25, -0.2) is 4.39 Å². The Morgan fingerprint density at radius 2 is 1.69 bits per heavy atom. The van der Waals surface area contributed by atoms with Gasteiger partial charge in [-0.3, -0.25) is 4.98 Å². The zero-order chi connectivity index (χ0) is 11.4. The number of rotatable bonds is 3. The van der Waals surface area contributed by atoms with Crippen molar-refractivity contribution < 1.29 is 9.50 Å². The van der Waals surface area contributed by atoms with Gasteiger partial charge in [-0.05, 0) is 35.4 Å². The number of pyridine rings is 1.